The molecule has 0 aliphatic carbocycles. The number of nitrogens with one attached hydrogen (secondary N) is 1. The monoisotopic (exact) mass is 1370 g/mol. The molecule has 0 aromatic carbocycles. The second kappa shape index (κ2) is 65.6. The number of ether oxygens (including phenoxy) is 4. The number of carbonyl (C=O) groups is 1. The van der Waals surface area contributed by atoms with Crippen LogP contribution in [-0.4, -0.2) is 140 Å². The first-order valence-electron chi connectivity index (χ1n) is 38.4. The topological polar surface area (TPSA) is 228 Å². The summed E-state index contributed by atoms with van der Waals surface area (Å²) < 4.78 is 22.8. The van der Waals surface area contributed by atoms with E-state index in [1.807, 2.05) is 6.08 Å². The molecule has 0 bridgehead atoms. The van der Waals surface area contributed by atoms with Crippen molar-refractivity contribution < 1.29 is 64.6 Å². The van der Waals surface area contributed by atoms with E-state index < -0.39 is 86.8 Å². The van der Waals surface area contributed by atoms with Gasteiger partial charge in [-0.05, 0) is 122 Å². The Kier molecular flexibility index (Phi) is 59.9. The highest BCUT2D eigenvalue weighted by molar-refractivity contribution is 5.76. The lowest BCUT2D eigenvalue weighted by molar-refractivity contribution is -0.359. The lowest BCUT2D eigenvalue weighted by atomic mass is 9.97. The fourth-order valence-electron chi connectivity index (χ4n) is 11.3. The quantitative estimate of drug-likeness (QED) is 0.0204. The molecule has 2 saturated heterocycles. The Hall–Kier alpha value is -4.65. The Labute approximate surface area is 594 Å². The third-order valence-electron chi connectivity index (χ3n) is 17.4. The molecule has 98 heavy (non-hydrogen) atoms. The zero-order chi connectivity index (χ0) is 70.8. The van der Waals surface area contributed by atoms with E-state index in [1.165, 1.54) is 109 Å². The lowest BCUT2D eigenvalue weighted by Gasteiger charge is -2.46. The summed E-state index contributed by atoms with van der Waals surface area (Å²) in [4.78, 5) is 13.3. The molecule has 1 amide bonds. The minimum absolute atomic E-state index is 0.233. The van der Waals surface area contributed by atoms with E-state index in [2.05, 4.69) is 177 Å². The number of hydrogen-bond donors (Lipinski definition) is 9. The van der Waals surface area contributed by atoms with Crippen LogP contribution in [0.4, 0.5) is 0 Å². The zero-order valence-corrected chi connectivity index (χ0v) is 60.7. The van der Waals surface area contributed by atoms with Crippen LogP contribution in [0.5, 0.6) is 0 Å². The maximum Gasteiger partial charge on any atom is 0.220 e. The third kappa shape index (κ3) is 48.2. The largest absolute Gasteiger partial charge is 0.394 e. The van der Waals surface area contributed by atoms with E-state index in [0.29, 0.717) is 12.8 Å². The van der Waals surface area contributed by atoms with Crippen molar-refractivity contribution in [2.24, 2.45) is 0 Å². The van der Waals surface area contributed by atoms with Gasteiger partial charge >= 0.3 is 0 Å². The summed E-state index contributed by atoms with van der Waals surface area (Å²) in [5.74, 6) is -0.279. The van der Waals surface area contributed by atoms with Gasteiger partial charge in [-0.1, -0.05) is 300 Å². The van der Waals surface area contributed by atoms with Gasteiger partial charge in [0.15, 0.2) is 12.6 Å². The van der Waals surface area contributed by atoms with Crippen LogP contribution in [0.2, 0.25) is 0 Å². The molecule has 12 atom stereocenters. The van der Waals surface area contributed by atoms with Crippen molar-refractivity contribution in [2.75, 3.05) is 19.8 Å². The van der Waals surface area contributed by atoms with Gasteiger partial charge in [0.05, 0.1) is 32.0 Å². The maximum atomic E-state index is 13.3. The van der Waals surface area contributed by atoms with Gasteiger partial charge in [0.25, 0.3) is 0 Å². The van der Waals surface area contributed by atoms with E-state index in [9.17, 15) is 45.6 Å². The first-order valence-corrected chi connectivity index (χ1v) is 38.4. The summed E-state index contributed by atoms with van der Waals surface area (Å²) in [7, 11) is 0. The molecule has 0 spiro atoms. The second-order valence-corrected chi connectivity index (χ2v) is 26.0. The van der Waals surface area contributed by atoms with Gasteiger partial charge in [-0.15, -0.1) is 0 Å². The van der Waals surface area contributed by atoms with Crippen LogP contribution in [0.3, 0.4) is 0 Å². The van der Waals surface area contributed by atoms with Crippen molar-refractivity contribution in [1.82, 2.24) is 5.32 Å². The van der Waals surface area contributed by atoms with Gasteiger partial charge in [0, 0.05) is 6.42 Å². The molecular formula is C84H137NO13. The van der Waals surface area contributed by atoms with Gasteiger partial charge in [-0.2, -0.15) is 0 Å². The maximum absolute atomic E-state index is 13.3. The molecule has 0 radical (unpaired) electrons. The molecule has 2 rings (SSSR count). The average Bonchev–Trinajstić information content (AvgIpc) is 0.793. The highest BCUT2D eigenvalue weighted by atomic mass is 16.7. The number of aliphatic hydroxyl groups excluding tert-OH is 8. The number of rotatable bonds is 61. The average molecular weight is 1370 g/mol. The Morgan fingerprint density at radius 1 is 0.378 bits per heavy atom. The molecule has 2 fully saturated rings. The van der Waals surface area contributed by atoms with Crippen LogP contribution in [0, 0.1) is 0 Å². The first kappa shape index (κ1) is 89.4. The van der Waals surface area contributed by atoms with E-state index in [1.54, 1.807) is 6.08 Å². The van der Waals surface area contributed by atoms with Crippen LogP contribution in [0.25, 0.3) is 0 Å². The molecule has 2 heterocycles. The molecule has 12 unspecified atom stereocenters. The molecule has 2 aliphatic rings. The number of carbonyl (C=O) groups excluding carboxylic acids is 1. The zero-order valence-electron chi connectivity index (χ0n) is 60.7. The van der Waals surface area contributed by atoms with Crippen molar-refractivity contribution >= 4 is 5.91 Å². The Morgan fingerprint density at radius 2 is 0.714 bits per heavy atom. The Balaban J connectivity index is 1.67. The van der Waals surface area contributed by atoms with Crippen molar-refractivity contribution in [3.63, 3.8) is 0 Å². The Bertz CT molecular complexity index is 2310. The second-order valence-electron chi connectivity index (χ2n) is 26.0. The van der Waals surface area contributed by atoms with E-state index >= 15 is 0 Å². The standard InChI is InChI=1S/C84H137NO13/c1-3-5-7-9-11-13-15-17-19-21-23-25-27-28-29-30-31-32-33-34-35-36-37-38-39-40-41-42-43-44-46-48-50-52-54-56-58-60-62-64-66-68-76(89)85-72(71-95-83-81(94)79(92)82(75(70-87)97-83)98-84-80(93)78(91)77(90)74(69-86)96-84)73(88)67-65-63-61-59-57-55-53-51-49-47-45-26-24-22-20-18-16-14-12-10-8-6-4-2/h5,7,11,13,17,19,23,25,28-29,31-32,34-35,37-38,40-41,43-44,48,50,54,56-57,59,65,67,72-75,77-84,86-88,90-94H,3-4,6,8-10,12,14-16,18,20-22,24,26-27,30,33,36,39,42,45-47,49,51-53,55,58,60-64,66,68-71H2,1-2H3,(H,85,89)/b7-5-,13-11-,19-17-,25-23-,29-28-,32-31-,35-34-,38-37-,41-40-,44-43-,50-48-,56-54-,59-57+,67-65+. The highest BCUT2D eigenvalue weighted by Gasteiger charge is 2.51. The molecule has 0 saturated carbocycles. The van der Waals surface area contributed by atoms with Gasteiger partial charge in [-0.3, -0.25) is 4.79 Å². The predicted molar refractivity (Wildman–Crippen MR) is 405 cm³/mol. The number of allylic oxidation sites excluding steroid dienone is 27. The molecule has 556 valence electrons. The Morgan fingerprint density at radius 3 is 1.12 bits per heavy atom. The van der Waals surface area contributed by atoms with Gasteiger partial charge in [-0.25, -0.2) is 0 Å². The lowest BCUT2D eigenvalue weighted by Crippen LogP contribution is -2.65. The van der Waals surface area contributed by atoms with Crippen LogP contribution in [0.1, 0.15) is 258 Å². The molecule has 14 nitrogen and oxygen atoms in total. The van der Waals surface area contributed by atoms with E-state index in [-0.39, 0.29) is 18.9 Å². The fraction of sp³-hybridized carbons (Fsp3) is 0.655. The van der Waals surface area contributed by atoms with Crippen LogP contribution < -0.4 is 5.32 Å². The van der Waals surface area contributed by atoms with E-state index in [4.69, 9.17) is 18.9 Å². The molecule has 14 heteroatoms. The minimum atomic E-state index is -1.80. The smallest absolute Gasteiger partial charge is 0.220 e. The van der Waals surface area contributed by atoms with E-state index in [0.717, 1.165) is 116 Å². The first-order chi connectivity index (χ1) is 48.1. The molecule has 0 aromatic heterocycles. The van der Waals surface area contributed by atoms with Crippen molar-refractivity contribution in [2.45, 2.75) is 331 Å². The minimum Gasteiger partial charge on any atom is -0.394 e. The van der Waals surface area contributed by atoms with Gasteiger partial charge in [0.2, 0.25) is 5.91 Å². The number of amides is 1. The highest BCUT2D eigenvalue weighted by Crippen LogP contribution is 2.30. The van der Waals surface area contributed by atoms with Crippen LogP contribution >= 0.6 is 0 Å². The summed E-state index contributed by atoms with van der Waals surface area (Å²) in [6.45, 7) is 2.66. The number of aliphatic hydroxyl groups is 8. The molecular weight excluding hydrogens is 1230 g/mol. The summed E-state index contributed by atoms with van der Waals surface area (Å²) >= 11 is 0. The summed E-state index contributed by atoms with van der Waals surface area (Å²) in [5, 5.41) is 87.5. The molecule has 9 N–H and O–H groups in total. The number of unbranched alkanes of at least 4 members (excludes halogenated alkanes) is 22. The third-order valence-corrected chi connectivity index (χ3v) is 17.4. The summed E-state index contributed by atoms with van der Waals surface area (Å²) in [6, 6.07) is -0.960. The predicted octanol–water partition coefficient (Wildman–Crippen LogP) is 17.1. The molecule has 0 aromatic rings. The van der Waals surface area contributed by atoms with Crippen molar-refractivity contribution in [3.8, 4) is 0 Å². The summed E-state index contributed by atoms with van der Waals surface area (Å²) in [6.07, 6.45) is 85.6. The van der Waals surface area contributed by atoms with Crippen LogP contribution in [0.15, 0.2) is 170 Å². The number of hydrogen-bond acceptors (Lipinski definition) is 13. The fourth-order valence-corrected chi connectivity index (χ4v) is 11.3. The van der Waals surface area contributed by atoms with Crippen molar-refractivity contribution in [3.05, 3.63) is 170 Å². The normalized spacial score (nSPS) is 23.0. The van der Waals surface area contributed by atoms with Gasteiger partial charge in [0.1, 0.15) is 48.8 Å². The molecule has 2 aliphatic heterocycles. The summed E-state index contributed by atoms with van der Waals surface area (Å²) in [5.41, 5.74) is 0. The van der Waals surface area contributed by atoms with Crippen molar-refractivity contribution in [1.29, 1.82) is 0 Å². The van der Waals surface area contributed by atoms with Gasteiger partial charge < -0.3 is 65.1 Å². The SMILES string of the molecule is CC/C=C\C/C=C\C/C=C\C/C=C\C/C=C\C/C=C\C/C=C\C/C=C\C/C=C\C/C=C\C/C=C\C/C=C\CCCCCCC(=O)NC(COC1OC(CO)C(OC2OC(CO)C(O)C(O)C2O)C(O)C1O)C(O)/C=C/CC/C=C/CCCCCCCCCCCCCCCCCCC. The van der Waals surface area contributed by atoms with Crippen LogP contribution in [-0.2, 0) is 23.7 Å².